The molecule has 1 aromatic heterocycles. The third kappa shape index (κ3) is 2.09. The van der Waals surface area contributed by atoms with Crippen molar-refractivity contribution >= 4 is 22.6 Å². The van der Waals surface area contributed by atoms with E-state index < -0.39 is 0 Å². The first-order valence-corrected chi connectivity index (χ1v) is 7.12. The summed E-state index contributed by atoms with van der Waals surface area (Å²) in [6.45, 7) is 3.65. The minimum absolute atomic E-state index is 0.0386. The lowest BCUT2D eigenvalue weighted by atomic mass is 9.99. The number of methoxy groups -OCH3 is 1. The Morgan fingerprint density at radius 1 is 1.44 bits per heavy atom. The van der Waals surface area contributed by atoms with Crippen molar-refractivity contribution in [3.05, 3.63) is 5.82 Å². The van der Waals surface area contributed by atoms with Crippen molar-refractivity contribution in [2.24, 2.45) is 11.8 Å². The normalized spacial score (nSPS) is 27.6. The van der Waals surface area contributed by atoms with Gasteiger partial charge in [0.05, 0.1) is 13.0 Å². The van der Waals surface area contributed by atoms with Crippen molar-refractivity contribution in [1.82, 2.24) is 9.36 Å². The second-order valence-electron chi connectivity index (χ2n) is 5.22. The van der Waals surface area contributed by atoms with Crippen LogP contribution in [-0.2, 0) is 9.53 Å². The van der Waals surface area contributed by atoms with Crippen molar-refractivity contribution < 1.29 is 9.53 Å². The van der Waals surface area contributed by atoms with E-state index in [2.05, 4.69) is 21.2 Å². The minimum Gasteiger partial charge on any atom is -0.469 e. The maximum absolute atomic E-state index is 11.6. The summed E-state index contributed by atoms with van der Waals surface area (Å²) in [6, 6.07) is 0. The highest BCUT2D eigenvalue weighted by Crippen LogP contribution is 2.40. The second kappa shape index (κ2) is 4.50. The quantitative estimate of drug-likeness (QED) is 0.780. The summed E-state index contributed by atoms with van der Waals surface area (Å²) in [5, 5.41) is 0.954. The zero-order valence-electron chi connectivity index (χ0n) is 10.6. The van der Waals surface area contributed by atoms with E-state index in [0.29, 0.717) is 18.4 Å². The molecule has 1 saturated carbocycles. The highest BCUT2D eigenvalue weighted by Gasteiger charge is 2.37. The third-order valence-electron chi connectivity index (χ3n) is 3.76. The molecule has 6 heteroatoms. The smallest absolute Gasteiger partial charge is 0.310 e. The molecule has 0 amide bonds. The SMILES string of the molecule is COC(=O)C1CN(c2nc(C3CC3)ns2)CC1C. The van der Waals surface area contributed by atoms with Gasteiger partial charge in [0.25, 0.3) is 0 Å². The topological polar surface area (TPSA) is 55.3 Å². The van der Waals surface area contributed by atoms with Gasteiger partial charge in [-0.3, -0.25) is 4.79 Å². The Morgan fingerprint density at radius 3 is 2.89 bits per heavy atom. The molecule has 0 bridgehead atoms. The van der Waals surface area contributed by atoms with E-state index in [-0.39, 0.29) is 11.9 Å². The summed E-state index contributed by atoms with van der Waals surface area (Å²) in [4.78, 5) is 18.4. The summed E-state index contributed by atoms with van der Waals surface area (Å²) in [5.41, 5.74) is 0. The molecule has 18 heavy (non-hydrogen) atoms. The molecule has 1 aromatic rings. The van der Waals surface area contributed by atoms with Crippen molar-refractivity contribution in [1.29, 1.82) is 0 Å². The Kier molecular flexibility index (Phi) is 2.97. The number of hydrogen-bond donors (Lipinski definition) is 0. The maximum Gasteiger partial charge on any atom is 0.310 e. The lowest BCUT2D eigenvalue weighted by Crippen LogP contribution is -2.24. The van der Waals surface area contributed by atoms with Crippen LogP contribution in [0.5, 0.6) is 0 Å². The molecule has 98 valence electrons. The van der Waals surface area contributed by atoms with E-state index in [1.54, 1.807) is 0 Å². The van der Waals surface area contributed by atoms with Gasteiger partial charge in [-0.05, 0) is 18.8 Å². The zero-order valence-corrected chi connectivity index (χ0v) is 11.4. The number of ether oxygens (including phenoxy) is 1. The van der Waals surface area contributed by atoms with Gasteiger partial charge in [0.2, 0.25) is 5.13 Å². The molecule has 1 aliphatic carbocycles. The van der Waals surface area contributed by atoms with Gasteiger partial charge in [-0.1, -0.05) is 6.92 Å². The predicted octanol–water partition coefficient (Wildman–Crippen LogP) is 1.66. The van der Waals surface area contributed by atoms with Gasteiger partial charge in [-0.15, -0.1) is 0 Å². The molecular weight excluding hydrogens is 250 g/mol. The number of hydrogen-bond acceptors (Lipinski definition) is 6. The van der Waals surface area contributed by atoms with Gasteiger partial charge in [0.1, 0.15) is 5.82 Å². The van der Waals surface area contributed by atoms with Gasteiger partial charge in [0.15, 0.2) is 0 Å². The minimum atomic E-state index is -0.114. The van der Waals surface area contributed by atoms with Crippen LogP contribution < -0.4 is 4.90 Å². The first-order chi connectivity index (χ1) is 8.69. The second-order valence-corrected chi connectivity index (χ2v) is 5.95. The number of esters is 1. The van der Waals surface area contributed by atoms with Crippen LogP contribution in [0.25, 0.3) is 0 Å². The average molecular weight is 267 g/mol. The summed E-state index contributed by atoms with van der Waals surface area (Å²) in [6.07, 6.45) is 2.44. The van der Waals surface area contributed by atoms with Gasteiger partial charge >= 0.3 is 5.97 Å². The molecule has 0 N–H and O–H groups in total. The van der Waals surface area contributed by atoms with E-state index in [0.717, 1.165) is 17.5 Å². The monoisotopic (exact) mass is 267 g/mol. The van der Waals surface area contributed by atoms with Gasteiger partial charge in [-0.2, -0.15) is 4.37 Å². The average Bonchev–Trinajstić information content (AvgIpc) is 2.97. The van der Waals surface area contributed by atoms with E-state index in [1.165, 1.54) is 31.5 Å². The molecule has 0 radical (unpaired) electrons. The molecule has 2 heterocycles. The molecular formula is C12H17N3O2S. The number of carbonyl (C=O) groups excluding carboxylic acids is 1. The number of carbonyl (C=O) groups is 1. The number of anilines is 1. The van der Waals surface area contributed by atoms with Crippen LogP contribution in [0.4, 0.5) is 5.13 Å². The highest BCUT2D eigenvalue weighted by atomic mass is 32.1. The van der Waals surface area contributed by atoms with Gasteiger partial charge in [-0.25, -0.2) is 4.98 Å². The van der Waals surface area contributed by atoms with Crippen LogP contribution in [-0.4, -0.2) is 35.5 Å². The standard InChI is InChI=1S/C12H17N3O2S/c1-7-5-15(6-9(7)11(16)17-2)12-13-10(14-18-12)8-3-4-8/h7-9H,3-6H2,1-2H3. The van der Waals surface area contributed by atoms with E-state index >= 15 is 0 Å². The largest absolute Gasteiger partial charge is 0.469 e. The molecule has 5 nitrogen and oxygen atoms in total. The Bertz CT molecular complexity index is 458. The van der Waals surface area contributed by atoms with Crippen molar-refractivity contribution in [2.75, 3.05) is 25.1 Å². The predicted molar refractivity (Wildman–Crippen MR) is 68.8 cm³/mol. The van der Waals surface area contributed by atoms with Crippen LogP contribution in [0.15, 0.2) is 0 Å². The Morgan fingerprint density at radius 2 is 2.22 bits per heavy atom. The first-order valence-electron chi connectivity index (χ1n) is 6.35. The Labute approximate surface area is 110 Å². The van der Waals surface area contributed by atoms with Gasteiger partial charge in [0, 0.05) is 30.5 Å². The molecule has 2 unspecified atom stereocenters. The fraction of sp³-hybridized carbons (Fsp3) is 0.750. The van der Waals surface area contributed by atoms with Gasteiger partial charge < -0.3 is 9.64 Å². The molecule has 0 spiro atoms. The molecule has 2 atom stereocenters. The van der Waals surface area contributed by atoms with E-state index in [4.69, 9.17) is 4.74 Å². The van der Waals surface area contributed by atoms with E-state index in [1.807, 2.05) is 0 Å². The van der Waals surface area contributed by atoms with Crippen molar-refractivity contribution in [2.45, 2.75) is 25.7 Å². The lowest BCUT2D eigenvalue weighted by Gasteiger charge is -2.13. The summed E-state index contributed by atoms with van der Waals surface area (Å²) < 4.78 is 9.25. The van der Waals surface area contributed by atoms with Crippen LogP contribution in [0.2, 0.25) is 0 Å². The Hall–Kier alpha value is -1.17. The Balaban J connectivity index is 1.71. The highest BCUT2D eigenvalue weighted by molar-refractivity contribution is 7.09. The fourth-order valence-electron chi connectivity index (χ4n) is 2.44. The molecule has 0 aromatic carbocycles. The van der Waals surface area contributed by atoms with Crippen LogP contribution in [0, 0.1) is 11.8 Å². The third-order valence-corrected chi connectivity index (χ3v) is 4.55. The van der Waals surface area contributed by atoms with Crippen molar-refractivity contribution in [3.8, 4) is 0 Å². The van der Waals surface area contributed by atoms with Crippen LogP contribution in [0.3, 0.4) is 0 Å². The number of rotatable bonds is 3. The molecule has 2 fully saturated rings. The fourth-order valence-corrected chi connectivity index (χ4v) is 3.21. The summed E-state index contributed by atoms with van der Waals surface area (Å²) in [7, 11) is 1.45. The molecule has 2 aliphatic rings. The number of aromatic nitrogens is 2. The zero-order chi connectivity index (χ0) is 12.7. The van der Waals surface area contributed by atoms with Crippen LogP contribution >= 0.6 is 11.5 Å². The maximum atomic E-state index is 11.6. The van der Waals surface area contributed by atoms with E-state index in [9.17, 15) is 4.79 Å². The molecule has 1 saturated heterocycles. The summed E-state index contributed by atoms with van der Waals surface area (Å²) >= 11 is 1.45. The lowest BCUT2D eigenvalue weighted by molar-refractivity contribution is -0.145. The number of nitrogens with zero attached hydrogens (tertiary/aromatic N) is 3. The molecule has 1 aliphatic heterocycles. The molecule has 3 rings (SSSR count). The summed E-state index contributed by atoms with van der Waals surface area (Å²) in [5.74, 6) is 1.74. The first kappa shape index (κ1) is 11.9. The van der Waals surface area contributed by atoms with Crippen LogP contribution in [0.1, 0.15) is 31.5 Å². The van der Waals surface area contributed by atoms with Crippen molar-refractivity contribution in [3.63, 3.8) is 0 Å².